The molecule has 0 aromatic rings. The second-order valence-electron chi connectivity index (χ2n) is 5.87. The highest BCUT2D eigenvalue weighted by Crippen LogP contribution is 2.20. The van der Waals surface area contributed by atoms with E-state index in [1.54, 1.807) is 0 Å². The Morgan fingerprint density at radius 3 is 2.71 bits per heavy atom. The molecule has 1 atom stereocenters. The number of hydrogen-bond donors (Lipinski definition) is 1. The summed E-state index contributed by atoms with van der Waals surface area (Å²) in [4.78, 5) is 13.8. The van der Waals surface area contributed by atoms with Crippen molar-refractivity contribution in [1.82, 2.24) is 10.2 Å². The van der Waals surface area contributed by atoms with Crippen LogP contribution in [0.1, 0.15) is 41.0 Å². The number of piperazine rings is 1. The summed E-state index contributed by atoms with van der Waals surface area (Å²) in [7, 11) is 0. The van der Waals surface area contributed by atoms with Gasteiger partial charge in [0.2, 0.25) is 0 Å². The van der Waals surface area contributed by atoms with Crippen LogP contribution in [0.3, 0.4) is 0 Å². The average molecular weight is 242 g/mol. The Morgan fingerprint density at radius 2 is 2.18 bits per heavy atom. The molecule has 4 heteroatoms. The molecule has 0 spiro atoms. The Balaban J connectivity index is 2.71. The average Bonchev–Trinajstić information content (AvgIpc) is 2.20. The molecule has 1 heterocycles. The van der Waals surface area contributed by atoms with Crippen molar-refractivity contribution in [1.29, 1.82) is 0 Å². The van der Waals surface area contributed by atoms with Gasteiger partial charge in [-0.1, -0.05) is 13.8 Å². The predicted octanol–water partition coefficient (Wildman–Crippen LogP) is 2.24. The van der Waals surface area contributed by atoms with Crippen LogP contribution in [0, 0.1) is 5.92 Å². The number of hydrogen-bond acceptors (Lipinski definition) is 3. The Hall–Kier alpha value is -0.770. The molecular weight excluding hydrogens is 216 g/mol. The van der Waals surface area contributed by atoms with Crippen molar-refractivity contribution in [3.8, 4) is 0 Å². The molecule has 1 N–H and O–H groups in total. The summed E-state index contributed by atoms with van der Waals surface area (Å²) in [6, 6.07) is 0.252. The Bertz CT molecular complexity index is 264. The third-order valence-corrected chi connectivity index (χ3v) is 3.07. The fraction of sp³-hybridized carbons (Fsp3) is 0.923. The van der Waals surface area contributed by atoms with Crippen LogP contribution in [0.15, 0.2) is 0 Å². The molecule has 1 fully saturated rings. The molecule has 1 aliphatic heterocycles. The van der Waals surface area contributed by atoms with Crippen LogP contribution >= 0.6 is 0 Å². The molecule has 0 bridgehead atoms. The molecule has 1 aliphatic rings. The largest absolute Gasteiger partial charge is 0.450 e. The predicted molar refractivity (Wildman–Crippen MR) is 69.1 cm³/mol. The van der Waals surface area contributed by atoms with E-state index in [-0.39, 0.29) is 17.7 Å². The van der Waals surface area contributed by atoms with E-state index >= 15 is 0 Å². The van der Waals surface area contributed by atoms with E-state index in [0.29, 0.717) is 19.1 Å². The zero-order valence-corrected chi connectivity index (χ0v) is 11.7. The lowest BCUT2D eigenvalue weighted by atomic mass is 9.94. The van der Waals surface area contributed by atoms with E-state index in [1.807, 2.05) is 11.8 Å². The van der Waals surface area contributed by atoms with Gasteiger partial charge in [-0.3, -0.25) is 0 Å². The maximum Gasteiger partial charge on any atom is 0.410 e. The number of carbonyl (C=O) groups is 1. The molecular formula is C13H26N2O2. The second-order valence-corrected chi connectivity index (χ2v) is 5.87. The number of ether oxygens (including phenoxy) is 1. The molecule has 0 aromatic heterocycles. The molecule has 1 amide bonds. The van der Waals surface area contributed by atoms with Crippen molar-refractivity contribution in [2.45, 2.75) is 52.6 Å². The van der Waals surface area contributed by atoms with Crippen LogP contribution in [0.5, 0.6) is 0 Å². The van der Waals surface area contributed by atoms with Gasteiger partial charge >= 0.3 is 6.09 Å². The van der Waals surface area contributed by atoms with Crippen molar-refractivity contribution < 1.29 is 9.53 Å². The minimum atomic E-state index is -0.173. The summed E-state index contributed by atoms with van der Waals surface area (Å²) >= 11 is 0. The Labute approximate surface area is 105 Å². The first-order valence-corrected chi connectivity index (χ1v) is 6.54. The molecule has 0 aliphatic carbocycles. The summed E-state index contributed by atoms with van der Waals surface area (Å²) in [6.07, 6.45) is 0.842. The summed E-state index contributed by atoms with van der Waals surface area (Å²) < 4.78 is 5.15. The maximum absolute atomic E-state index is 12.0. The highest BCUT2D eigenvalue weighted by Gasteiger charge is 2.36. The number of nitrogens with one attached hydrogen (secondary N) is 1. The van der Waals surface area contributed by atoms with Gasteiger partial charge in [-0.15, -0.1) is 0 Å². The SMILES string of the molecule is CCOC(=O)N1CC(C)(C)NCC1CC(C)C. The van der Waals surface area contributed by atoms with Gasteiger partial charge in [0.15, 0.2) is 0 Å². The fourth-order valence-corrected chi connectivity index (χ4v) is 2.29. The van der Waals surface area contributed by atoms with Gasteiger partial charge in [0.25, 0.3) is 0 Å². The van der Waals surface area contributed by atoms with Crippen LogP contribution in [0.4, 0.5) is 4.79 Å². The van der Waals surface area contributed by atoms with E-state index in [0.717, 1.165) is 13.0 Å². The highest BCUT2D eigenvalue weighted by atomic mass is 16.6. The van der Waals surface area contributed by atoms with Gasteiger partial charge in [0, 0.05) is 24.7 Å². The quantitative estimate of drug-likeness (QED) is 0.825. The summed E-state index contributed by atoms with van der Waals surface area (Å²) in [5.74, 6) is 0.583. The van der Waals surface area contributed by atoms with Crippen molar-refractivity contribution in [2.75, 3.05) is 19.7 Å². The van der Waals surface area contributed by atoms with Gasteiger partial charge in [-0.25, -0.2) is 4.79 Å². The molecule has 17 heavy (non-hydrogen) atoms. The molecule has 4 nitrogen and oxygen atoms in total. The summed E-state index contributed by atoms with van der Waals surface area (Å²) in [5, 5.41) is 3.49. The number of carbonyl (C=O) groups excluding carboxylic acids is 1. The van der Waals surface area contributed by atoms with Crippen LogP contribution in [-0.2, 0) is 4.74 Å². The van der Waals surface area contributed by atoms with Gasteiger partial charge in [-0.05, 0) is 33.1 Å². The van der Waals surface area contributed by atoms with E-state index in [1.165, 1.54) is 0 Å². The first-order chi connectivity index (χ1) is 7.85. The lowest BCUT2D eigenvalue weighted by Gasteiger charge is -2.44. The van der Waals surface area contributed by atoms with Crippen LogP contribution in [0.25, 0.3) is 0 Å². The number of rotatable bonds is 3. The van der Waals surface area contributed by atoms with E-state index in [4.69, 9.17) is 4.74 Å². The minimum absolute atomic E-state index is 0.0275. The minimum Gasteiger partial charge on any atom is -0.450 e. The molecule has 1 saturated heterocycles. The normalized spacial score (nSPS) is 23.9. The van der Waals surface area contributed by atoms with Crippen molar-refractivity contribution in [3.05, 3.63) is 0 Å². The molecule has 1 rings (SSSR count). The van der Waals surface area contributed by atoms with Crippen LogP contribution in [0.2, 0.25) is 0 Å². The Morgan fingerprint density at radius 1 is 1.53 bits per heavy atom. The third kappa shape index (κ3) is 4.19. The van der Waals surface area contributed by atoms with Crippen molar-refractivity contribution >= 4 is 6.09 Å². The topological polar surface area (TPSA) is 41.6 Å². The van der Waals surface area contributed by atoms with E-state index in [2.05, 4.69) is 33.0 Å². The number of amides is 1. The van der Waals surface area contributed by atoms with E-state index < -0.39 is 0 Å². The van der Waals surface area contributed by atoms with Gasteiger partial charge in [-0.2, -0.15) is 0 Å². The van der Waals surface area contributed by atoms with Crippen LogP contribution in [-0.4, -0.2) is 42.3 Å². The second kappa shape index (κ2) is 5.71. The lowest BCUT2D eigenvalue weighted by Crippen LogP contribution is -2.63. The van der Waals surface area contributed by atoms with Crippen LogP contribution < -0.4 is 5.32 Å². The standard InChI is InChI=1S/C13H26N2O2/c1-6-17-12(16)15-9-13(4,5)14-8-11(15)7-10(2)3/h10-11,14H,6-9H2,1-5H3. The van der Waals surface area contributed by atoms with E-state index in [9.17, 15) is 4.79 Å². The smallest absolute Gasteiger partial charge is 0.410 e. The van der Waals surface area contributed by atoms with Crippen molar-refractivity contribution in [3.63, 3.8) is 0 Å². The van der Waals surface area contributed by atoms with Gasteiger partial charge < -0.3 is 15.0 Å². The molecule has 0 radical (unpaired) electrons. The van der Waals surface area contributed by atoms with Gasteiger partial charge in [0.1, 0.15) is 0 Å². The Kier molecular flexibility index (Phi) is 4.80. The summed E-state index contributed by atoms with van der Waals surface area (Å²) in [6.45, 7) is 12.5. The monoisotopic (exact) mass is 242 g/mol. The first kappa shape index (κ1) is 14.3. The summed E-state index contributed by atoms with van der Waals surface area (Å²) in [5.41, 5.74) is -0.0275. The first-order valence-electron chi connectivity index (χ1n) is 6.54. The number of nitrogens with zero attached hydrogens (tertiary/aromatic N) is 1. The zero-order chi connectivity index (χ0) is 13.1. The molecule has 0 saturated carbocycles. The molecule has 0 aromatic carbocycles. The maximum atomic E-state index is 12.0. The third-order valence-electron chi connectivity index (χ3n) is 3.07. The zero-order valence-electron chi connectivity index (χ0n) is 11.7. The highest BCUT2D eigenvalue weighted by molar-refractivity contribution is 5.68. The molecule has 100 valence electrons. The fourth-order valence-electron chi connectivity index (χ4n) is 2.29. The molecule has 1 unspecified atom stereocenters. The lowest BCUT2D eigenvalue weighted by molar-refractivity contribution is 0.0512. The van der Waals surface area contributed by atoms with Gasteiger partial charge in [0.05, 0.1) is 6.61 Å². The van der Waals surface area contributed by atoms with Crippen molar-refractivity contribution in [2.24, 2.45) is 5.92 Å².